The Kier molecular flexibility index (Phi) is 4.23. The van der Waals surface area contributed by atoms with Crippen molar-refractivity contribution in [3.63, 3.8) is 0 Å². The Labute approximate surface area is 113 Å². The molecule has 0 N–H and O–H groups in total. The van der Waals surface area contributed by atoms with E-state index < -0.39 is 38.7 Å². The number of hydrogen-bond donors (Lipinski definition) is 0. The third-order valence-corrected chi connectivity index (χ3v) is 1.94. The minimum absolute atomic E-state index is 0.690. The highest BCUT2D eigenvalue weighted by atomic mass is 16.7. The number of para-hydroxylation sites is 1. The van der Waals surface area contributed by atoms with Crippen molar-refractivity contribution >= 4 is 17.5 Å². The van der Waals surface area contributed by atoms with Gasteiger partial charge in [-0.15, -0.1) is 0 Å². The molecule has 0 atom stereocenters. The lowest BCUT2D eigenvalue weighted by Crippen LogP contribution is -2.26. The summed E-state index contributed by atoms with van der Waals surface area (Å²) in [5.74, 6) is -0.753. The fourth-order valence-electron chi connectivity index (χ4n) is 1.26. The van der Waals surface area contributed by atoms with Gasteiger partial charge in [-0.05, 0) is 26.8 Å². The van der Waals surface area contributed by atoms with Crippen LogP contribution in [0.5, 0.6) is 5.75 Å². The van der Waals surface area contributed by atoms with E-state index in [0.29, 0.717) is 0 Å². The van der Waals surface area contributed by atoms with Crippen LogP contribution in [0, 0.1) is 20.2 Å². The molecule has 0 aliphatic rings. The Bertz CT molecular complexity index is 530. The van der Waals surface area contributed by atoms with E-state index in [0.717, 1.165) is 18.2 Å². The molecule has 108 valence electrons. The highest BCUT2D eigenvalue weighted by molar-refractivity contribution is 5.71. The maximum atomic E-state index is 11.5. The van der Waals surface area contributed by atoms with Crippen molar-refractivity contribution in [2.45, 2.75) is 26.4 Å². The van der Waals surface area contributed by atoms with Gasteiger partial charge in [-0.3, -0.25) is 20.2 Å². The smallest absolute Gasteiger partial charge is 0.428 e. The Balaban J connectivity index is 3.18. The molecule has 9 heteroatoms. The minimum Gasteiger partial charge on any atom is -0.428 e. The van der Waals surface area contributed by atoms with Crippen LogP contribution in [0.4, 0.5) is 16.2 Å². The second kappa shape index (κ2) is 5.51. The summed E-state index contributed by atoms with van der Waals surface area (Å²) in [7, 11) is 0. The van der Waals surface area contributed by atoms with E-state index in [4.69, 9.17) is 4.74 Å². The van der Waals surface area contributed by atoms with Gasteiger partial charge in [0.1, 0.15) is 5.60 Å². The van der Waals surface area contributed by atoms with Crippen LogP contribution in [0.2, 0.25) is 0 Å². The van der Waals surface area contributed by atoms with E-state index in [9.17, 15) is 25.0 Å². The fourth-order valence-corrected chi connectivity index (χ4v) is 1.26. The van der Waals surface area contributed by atoms with Crippen LogP contribution < -0.4 is 4.74 Å². The summed E-state index contributed by atoms with van der Waals surface area (Å²) in [6.07, 6.45) is -1.25. The number of benzene rings is 1. The van der Waals surface area contributed by atoms with Crippen molar-refractivity contribution in [3.05, 3.63) is 38.4 Å². The summed E-state index contributed by atoms with van der Waals surface area (Å²) in [6, 6.07) is 3.11. The summed E-state index contributed by atoms with van der Waals surface area (Å²) in [5.41, 5.74) is -2.27. The Hall–Kier alpha value is -2.71. The standard InChI is InChI=1S/C11H12N2O7/c1-11(2,3)20-10(14)19-9-7(12(15)16)5-4-6-8(9)13(17)18/h4-6H,1-3H3. The molecular weight excluding hydrogens is 272 g/mol. The lowest BCUT2D eigenvalue weighted by molar-refractivity contribution is -0.395. The zero-order valence-electron chi connectivity index (χ0n) is 11.0. The number of nitro benzene ring substituents is 2. The van der Waals surface area contributed by atoms with Gasteiger partial charge in [-0.25, -0.2) is 4.79 Å². The molecule has 0 saturated carbocycles. The lowest BCUT2D eigenvalue weighted by atomic mass is 10.2. The van der Waals surface area contributed by atoms with E-state index >= 15 is 0 Å². The van der Waals surface area contributed by atoms with Crippen LogP contribution in [-0.4, -0.2) is 21.6 Å². The molecule has 0 radical (unpaired) electrons. The highest BCUT2D eigenvalue weighted by Crippen LogP contribution is 2.36. The van der Waals surface area contributed by atoms with Crippen LogP contribution in [0.25, 0.3) is 0 Å². The normalized spacial score (nSPS) is 10.8. The van der Waals surface area contributed by atoms with Gasteiger partial charge in [0.2, 0.25) is 0 Å². The molecule has 0 aromatic heterocycles. The first-order valence-electron chi connectivity index (χ1n) is 5.44. The number of rotatable bonds is 3. The molecule has 20 heavy (non-hydrogen) atoms. The van der Waals surface area contributed by atoms with E-state index in [2.05, 4.69) is 4.74 Å². The van der Waals surface area contributed by atoms with Gasteiger partial charge in [0, 0.05) is 12.1 Å². The summed E-state index contributed by atoms with van der Waals surface area (Å²) in [5, 5.41) is 21.6. The first-order valence-corrected chi connectivity index (χ1v) is 5.44. The maximum absolute atomic E-state index is 11.5. The molecule has 0 spiro atoms. The number of ether oxygens (including phenoxy) is 2. The van der Waals surface area contributed by atoms with Gasteiger partial charge in [0.05, 0.1) is 9.85 Å². The van der Waals surface area contributed by atoms with Gasteiger partial charge < -0.3 is 9.47 Å². The molecule has 1 rings (SSSR count). The molecule has 9 nitrogen and oxygen atoms in total. The van der Waals surface area contributed by atoms with Gasteiger partial charge in [0.25, 0.3) is 5.75 Å². The highest BCUT2D eigenvalue weighted by Gasteiger charge is 2.30. The van der Waals surface area contributed by atoms with Crippen molar-refractivity contribution in [1.29, 1.82) is 0 Å². The number of nitro groups is 2. The van der Waals surface area contributed by atoms with E-state index in [1.165, 1.54) is 0 Å². The summed E-state index contributed by atoms with van der Waals surface area (Å²) in [4.78, 5) is 31.4. The summed E-state index contributed by atoms with van der Waals surface area (Å²) in [6.45, 7) is 4.67. The topological polar surface area (TPSA) is 122 Å². The molecule has 0 aliphatic carbocycles. The summed E-state index contributed by atoms with van der Waals surface area (Å²) < 4.78 is 9.44. The first-order chi connectivity index (χ1) is 9.11. The third kappa shape index (κ3) is 3.90. The van der Waals surface area contributed by atoms with Crippen molar-refractivity contribution < 1.29 is 24.1 Å². The zero-order valence-corrected chi connectivity index (χ0v) is 11.0. The van der Waals surface area contributed by atoms with Crippen molar-refractivity contribution in [3.8, 4) is 5.75 Å². The van der Waals surface area contributed by atoms with Gasteiger partial charge in [-0.1, -0.05) is 0 Å². The Morgan fingerprint density at radius 3 is 1.90 bits per heavy atom. The first kappa shape index (κ1) is 15.3. The van der Waals surface area contributed by atoms with Crippen LogP contribution >= 0.6 is 0 Å². The van der Waals surface area contributed by atoms with E-state index in [1.807, 2.05) is 0 Å². The predicted octanol–water partition coefficient (Wildman–Crippen LogP) is 2.82. The molecule has 0 aliphatic heterocycles. The SMILES string of the molecule is CC(C)(C)OC(=O)Oc1c([N+](=O)[O-])cccc1[N+](=O)[O-]. The molecule has 0 unspecified atom stereocenters. The quantitative estimate of drug-likeness (QED) is 0.362. The molecular formula is C11H12N2O7. The predicted molar refractivity (Wildman–Crippen MR) is 66.6 cm³/mol. The molecule has 0 heterocycles. The zero-order chi connectivity index (χ0) is 15.5. The van der Waals surface area contributed by atoms with E-state index in [-0.39, 0.29) is 0 Å². The molecule has 0 bridgehead atoms. The number of carbonyl (C=O) groups excluding carboxylic acids is 1. The second-order valence-corrected chi connectivity index (χ2v) is 4.71. The minimum atomic E-state index is -1.25. The Morgan fingerprint density at radius 1 is 1.10 bits per heavy atom. The average molecular weight is 284 g/mol. The summed E-state index contributed by atoms with van der Waals surface area (Å²) >= 11 is 0. The van der Waals surface area contributed by atoms with Crippen molar-refractivity contribution in [1.82, 2.24) is 0 Å². The monoisotopic (exact) mass is 284 g/mol. The number of carbonyl (C=O) groups is 1. The molecule has 1 aromatic rings. The van der Waals surface area contributed by atoms with Gasteiger partial charge >= 0.3 is 17.5 Å². The lowest BCUT2D eigenvalue weighted by Gasteiger charge is -2.18. The van der Waals surface area contributed by atoms with Crippen LogP contribution in [0.15, 0.2) is 18.2 Å². The van der Waals surface area contributed by atoms with E-state index in [1.54, 1.807) is 20.8 Å². The molecule has 0 saturated heterocycles. The fraction of sp³-hybridized carbons (Fsp3) is 0.364. The molecule has 0 amide bonds. The third-order valence-electron chi connectivity index (χ3n) is 1.94. The van der Waals surface area contributed by atoms with Crippen LogP contribution in [0.1, 0.15) is 20.8 Å². The van der Waals surface area contributed by atoms with Crippen molar-refractivity contribution in [2.75, 3.05) is 0 Å². The number of nitrogens with zero attached hydrogens (tertiary/aromatic N) is 2. The largest absolute Gasteiger partial charge is 0.514 e. The molecule has 0 fully saturated rings. The van der Waals surface area contributed by atoms with Gasteiger partial charge in [-0.2, -0.15) is 0 Å². The van der Waals surface area contributed by atoms with Crippen molar-refractivity contribution in [2.24, 2.45) is 0 Å². The molecule has 1 aromatic carbocycles. The van der Waals surface area contributed by atoms with Gasteiger partial charge in [0.15, 0.2) is 0 Å². The second-order valence-electron chi connectivity index (χ2n) is 4.71. The van der Waals surface area contributed by atoms with Crippen LogP contribution in [0.3, 0.4) is 0 Å². The number of hydrogen-bond acceptors (Lipinski definition) is 7. The maximum Gasteiger partial charge on any atom is 0.514 e. The average Bonchev–Trinajstić information content (AvgIpc) is 2.25. The van der Waals surface area contributed by atoms with Crippen LogP contribution in [-0.2, 0) is 4.74 Å². The Morgan fingerprint density at radius 2 is 1.55 bits per heavy atom.